The third kappa shape index (κ3) is 1.89. The lowest BCUT2D eigenvalue weighted by molar-refractivity contribution is -0.144. The molecule has 1 rings (SSSR count). The first-order valence-corrected chi connectivity index (χ1v) is 3.61. The molecule has 64 valence electrons. The maximum absolute atomic E-state index is 10.5. The number of carboxylic acid groups (broad SMARTS) is 1. The van der Waals surface area contributed by atoms with Crippen molar-refractivity contribution in [2.45, 2.75) is 19.0 Å². The average molecular weight is 159 g/mol. The Morgan fingerprint density at radius 2 is 2.27 bits per heavy atom. The molecule has 0 radical (unpaired) electrons. The van der Waals surface area contributed by atoms with Crippen LogP contribution in [0.3, 0.4) is 0 Å². The first-order chi connectivity index (χ1) is 5.11. The summed E-state index contributed by atoms with van der Waals surface area (Å²) in [6.07, 6.45) is 0.746. The molecule has 5 nitrogen and oxygen atoms in total. The Hall–Kier alpha value is -0.650. The Morgan fingerprint density at radius 1 is 1.64 bits per heavy atom. The zero-order valence-corrected chi connectivity index (χ0v) is 6.23. The third-order valence-corrected chi connectivity index (χ3v) is 2.04. The van der Waals surface area contributed by atoms with Gasteiger partial charge < -0.3 is 10.8 Å². The van der Waals surface area contributed by atoms with E-state index in [1.807, 2.05) is 0 Å². The fourth-order valence-corrected chi connectivity index (χ4v) is 1.24. The van der Waals surface area contributed by atoms with E-state index in [9.17, 15) is 4.79 Å². The highest BCUT2D eigenvalue weighted by atomic mass is 16.4. The molecule has 1 aliphatic rings. The molecule has 0 bridgehead atoms. The van der Waals surface area contributed by atoms with E-state index in [1.54, 1.807) is 0 Å². The predicted octanol–water partition coefficient (Wildman–Crippen LogP) is -1.06. The molecule has 2 unspecified atom stereocenters. The van der Waals surface area contributed by atoms with Crippen LogP contribution in [0.2, 0.25) is 0 Å². The number of rotatable bonds is 1. The van der Waals surface area contributed by atoms with E-state index in [0.717, 1.165) is 0 Å². The second-order valence-corrected chi connectivity index (χ2v) is 2.86. The molecule has 0 aromatic heterocycles. The van der Waals surface area contributed by atoms with Gasteiger partial charge in [0.1, 0.15) is 0 Å². The van der Waals surface area contributed by atoms with Crippen molar-refractivity contribution >= 4 is 5.97 Å². The highest BCUT2D eigenvalue weighted by molar-refractivity contribution is 5.70. The van der Waals surface area contributed by atoms with Crippen molar-refractivity contribution in [3.05, 3.63) is 0 Å². The number of hydrogen-bond donors (Lipinski definition) is 3. The Morgan fingerprint density at radius 3 is 2.73 bits per heavy atom. The van der Waals surface area contributed by atoms with Gasteiger partial charge in [0.25, 0.3) is 0 Å². The minimum atomic E-state index is -0.770. The number of nitrogens with zero attached hydrogens (tertiary/aromatic N) is 1. The monoisotopic (exact) mass is 159 g/mol. The van der Waals surface area contributed by atoms with Gasteiger partial charge in [0.05, 0.1) is 12.1 Å². The number of carboxylic acids is 1. The van der Waals surface area contributed by atoms with Crippen LogP contribution in [0, 0.1) is 5.92 Å². The van der Waals surface area contributed by atoms with Gasteiger partial charge in [-0.05, 0) is 12.8 Å². The van der Waals surface area contributed by atoms with Gasteiger partial charge >= 0.3 is 5.97 Å². The third-order valence-electron chi connectivity index (χ3n) is 2.04. The quantitative estimate of drug-likeness (QED) is 0.424. The van der Waals surface area contributed by atoms with E-state index < -0.39 is 5.97 Å². The van der Waals surface area contributed by atoms with Crippen molar-refractivity contribution in [1.82, 2.24) is 5.01 Å². The lowest BCUT2D eigenvalue weighted by atomic mass is 9.96. The number of hydrogen-bond acceptors (Lipinski definition) is 4. The SMILES string of the molecule is NC1CC(C(=O)O)CCN1N. The molecule has 0 aromatic carbocycles. The fourth-order valence-electron chi connectivity index (χ4n) is 1.24. The summed E-state index contributed by atoms with van der Waals surface area (Å²) in [4.78, 5) is 10.5. The fraction of sp³-hybridized carbons (Fsp3) is 0.833. The number of aliphatic carboxylic acids is 1. The zero-order valence-electron chi connectivity index (χ0n) is 6.23. The van der Waals surface area contributed by atoms with Gasteiger partial charge in [-0.25, -0.2) is 5.01 Å². The number of nitrogens with two attached hydrogens (primary N) is 2. The Balaban J connectivity index is 2.46. The second-order valence-electron chi connectivity index (χ2n) is 2.86. The number of carbonyl (C=O) groups is 1. The highest BCUT2D eigenvalue weighted by Gasteiger charge is 2.28. The molecule has 11 heavy (non-hydrogen) atoms. The van der Waals surface area contributed by atoms with Gasteiger partial charge in [-0.1, -0.05) is 0 Å². The summed E-state index contributed by atoms with van der Waals surface area (Å²) < 4.78 is 0. The molecule has 1 fully saturated rings. The van der Waals surface area contributed by atoms with Crippen LogP contribution in [0.5, 0.6) is 0 Å². The van der Waals surface area contributed by atoms with Crippen LogP contribution in [-0.2, 0) is 4.79 Å². The van der Waals surface area contributed by atoms with Crippen LogP contribution >= 0.6 is 0 Å². The van der Waals surface area contributed by atoms with Crippen molar-refractivity contribution in [3.63, 3.8) is 0 Å². The van der Waals surface area contributed by atoms with Crippen molar-refractivity contribution in [1.29, 1.82) is 0 Å². The molecule has 0 aromatic rings. The van der Waals surface area contributed by atoms with Crippen molar-refractivity contribution in [2.75, 3.05) is 6.54 Å². The summed E-state index contributed by atoms with van der Waals surface area (Å²) in [5, 5.41) is 10.1. The van der Waals surface area contributed by atoms with Crippen molar-refractivity contribution in [3.8, 4) is 0 Å². The molecule has 1 aliphatic heterocycles. The lowest BCUT2D eigenvalue weighted by Crippen LogP contribution is -2.52. The second kappa shape index (κ2) is 3.17. The first-order valence-electron chi connectivity index (χ1n) is 3.61. The molecule has 0 aliphatic carbocycles. The minimum absolute atomic E-state index is 0.301. The van der Waals surface area contributed by atoms with Crippen molar-refractivity contribution in [2.24, 2.45) is 17.5 Å². The summed E-state index contributed by atoms with van der Waals surface area (Å²) in [5.74, 6) is 4.37. The number of piperidine rings is 1. The van der Waals surface area contributed by atoms with Crippen LogP contribution in [0.1, 0.15) is 12.8 Å². The molecule has 2 atom stereocenters. The normalized spacial score (nSPS) is 33.6. The van der Waals surface area contributed by atoms with Gasteiger partial charge in [-0.3, -0.25) is 10.6 Å². The molecular formula is C6H13N3O2. The van der Waals surface area contributed by atoms with Crippen LogP contribution in [0.15, 0.2) is 0 Å². The van der Waals surface area contributed by atoms with Crippen LogP contribution in [0.25, 0.3) is 0 Å². The molecule has 5 N–H and O–H groups in total. The maximum atomic E-state index is 10.5. The maximum Gasteiger partial charge on any atom is 0.306 e. The van der Waals surface area contributed by atoms with Gasteiger partial charge in [-0.2, -0.15) is 0 Å². The molecule has 0 spiro atoms. The largest absolute Gasteiger partial charge is 0.481 e. The van der Waals surface area contributed by atoms with E-state index in [0.29, 0.717) is 19.4 Å². The van der Waals surface area contributed by atoms with E-state index in [2.05, 4.69) is 0 Å². The summed E-state index contributed by atoms with van der Waals surface area (Å²) in [7, 11) is 0. The topological polar surface area (TPSA) is 92.6 Å². The molecule has 5 heteroatoms. The highest BCUT2D eigenvalue weighted by Crippen LogP contribution is 2.17. The first kappa shape index (κ1) is 8.45. The molecular weight excluding hydrogens is 146 g/mol. The van der Waals surface area contributed by atoms with Gasteiger partial charge in [-0.15, -0.1) is 0 Å². The Bertz CT molecular complexity index is 162. The minimum Gasteiger partial charge on any atom is -0.481 e. The Kier molecular flexibility index (Phi) is 2.43. The summed E-state index contributed by atoms with van der Waals surface area (Å²) >= 11 is 0. The lowest BCUT2D eigenvalue weighted by Gasteiger charge is -2.31. The van der Waals surface area contributed by atoms with Crippen molar-refractivity contribution < 1.29 is 9.90 Å². The van der Waals surface area contributed by atoms with Gasteiger partial charge in [0, 0.05) is 6.54 Å². The smallest absolute Gasteiger partial charge is 0.306 e. The van der Waals surface area contributed by atoms with Gasteiger partial charge in [0.2, 0.25) is 0 Å². The molecule has 1 saturated heterocycles. The van der Waals surface area contributed by atoms with Crippen LogP contribution in [-0.4, -0.2) is 28.8 Å². The standard InChI is InChI=1S/C6H13N3O2/c7-5-3-4(6(10)11)1-2-9(5)8/h4-5H,1-3,7-8H2,(H,10,11). The summed E-state index contributed by atoms with van der Waals surface area (Å²) in [5.41, 5.74) is 5.54. The van der Waals surface area contributed by atoms with E-state index in [-0.39, 0.29) is 12.1 Å². The van der Waals surface area contributed by atoms with E-state index >= 15 is 0 Å². The predicted molar refractivity (Wildman–Crippen MR) is 39.2 cm³/mol. The summed E-state index contributed by atoms with van der Waals surface area (Å²) in [6, 6.07) is 0. The van der Waals surface area contributed by atoms with E-state index in [1.165, 1.54) is 5.01 Å². The van der Waals surface area contributed by atoms with E-state index in [4.69, 9.17) is 16.7 Å². The number of hydrazine groups is 1. The van der Waals surface area contributed by atoms with Crippen LogP contribution in [0.4, 0.5) is 0 Å². The summed E-state index contributed by atoms with van der Waals surface area (Å²) in [6.45, 7) is 0.568. The molecule has 0 saturated carbocycles. The Labute approximate surface area is 64.9 Å². The average Bonchev–Trinajstić information content (AvgIpc) is 1.94. The molecule has 1 heterocycles. The molecule has 0 amide bonds. The zero-order chi connectivity index (χ0) is 8.43. The van der Waals surface area contributed by atoms with Gasteiger partial charge in [0.15, 0.2) is 0 Å². The van der Waals surface area contributed by atoms with Crippen LogP contribution < -0.4 is 11.6 Å².